The molecule has 0 aromatic heterocycles. The third-order valence-electron chi connectivity index (χ3n) is 6.06. The Morgan fingerprint density at radius 3 is 2.33 bits per heavy atom. The number of nitrogens with one attached hydrogen (secondary N) is 1. The van der Waals surface area contributed by atoms with Crippen molar-refractivity contribution in [1.82, 2.24) is 10.2 Å². The SMILES string of the molecule is CC[C@@H](C)NC(=O)[C@H](Cc1ccccc1)N(Cc1ccccc1Cl)C(=O)COc1ccc(Cl)c(C)c1. The van der Waals surface area contributed by atoms with Crippen LogP contribution in [0.25, 0.3) is 0 Å². The first-order valence-corrected chi connectivity index (χ1v) is 12.8. The van der Waals surface area contributed by atoms with Crippen LogP contribution in [0, 0.1) is 6.92 Å². The second-order valence-electron chi connectivity index (χ2n) is 8.84. The van der Waals surface area contributed by atoms with Gasteiger partial charge in [-0.1, -0.05) is 78.7 Å². The Hall–Kier alpha value is -3.02. The predicted octanol–water partition coefficient (Wildman–Crippen LogP) is 6.24. The Morgan fingerprint density at radius 2 is 1.67 bits per heavy atom. The number of ether oxygens (including phenoxy) is 1. The van der Waals surface area contributed by atoms with Gasteiger partial charge < -0.3 is 15.0 Å². The third-order valence-corrected chi connectivity index (χ3v) is 6.86. The lowest BCUT2D eigenvalue weighted by molar-refractivity contribution is -0.143. The first kappa shape index (κ1) is 27.6. The highest BCUT2D eigenvalue weighted by Gasteiger charge is 2.31. The van der Waals surface area contributed by atoms with E-state index in [0.717, 1.165) is 23.1 Å². The van der Waals surface area contributed by atoms with Crippen LogP contribution in [0.2, 0.25) is 10.0 Å². The van der Waals surface area contributed by atoms with Gasteiger partial charge >= 0.3 is 0 Å². The van der Waals surface area contributed by atoms with Crippen LogP contribution >= 0.6 is 23.2 Å². The van der Waals surface area contributed by atoms with Crippen molar-refractivity contribution in [2.45, 2.75) is 52.2 Å². The first-order valence-electron chi connectivity index (χ1n) is 12.0. The molecule has 0 fully saturated rings. The number of halogens is 2. The number of benzene rings is 3. The lowest BCUT2D eigenvalue weighted by Crippen LogP contribution is -2.53. The third kappa shape index (κ3) is 7.74. The maximum atomic E-state index is 13.6. The summed E-state index contributed by atoms with van der Waals surface area (Å²) in [5, 5.41) is 4.21. The molecule has 0 bridgehead atoms. The van der Waals surface area contributed by atoms with Crippen molar-refractivity contribution in [2.75, 3.05) is 6.61 Å². The number of hydrogen-bond donors (Lipinski definition) is 1. The molecular weight excluding hydrogens is 495 g/mol. The summed E-state index contributed by atoms with van der Waals surface area (Å²) in [6.45, 7) is 5.77. The van der Waals surface area contributed by atoms with Crippen LogP contribution in [-0.2, 0) is 22.6 Å². The monoisotopic (exact) mass is 526 g/mol. The van der Waals surface area contributed by atoms with E-state index in [2.05, 4.69) is 5.32 Å². The maximum Gasteiger partial charge on any atom is 0.261 e. The second kappa shape index (κ2) is 13.3. The van der Waals surface area contributed by atoms with Gasteiger partial charge in [-0.2, -0.15) is 0 Å². The van der Waals surface area contributed by atoms with Crippen LogP contribution in [0.5, 0.6) is 5.75 Å². The zero-order chi connectivity index (χ0) is 26.1. The lowest BCUT2D eigenvalue weighted by Gasteiger charge is -2.32. The smallest absolute Gasteiger partial charge is 0.261 e. The van der Waals surface area contributed by atoms with Gasteiger partial charge in [0, 0.05) is 29.1 Å². The number of nitrogens with zero attached hydrogens (tertiary/aromatic N) is 1. The number of aryl methyl sites for hydroxylation is 1. The summed E-state index contributed by atoms with van der Waals surface area (Å²) in [5.41, 5.74) is 2.56. The topological polar surface area (TPSA) is 58.6 Å². The van der Waals surface area contributed by atoms with Gasteiger partial charge in [-0.15, -0.1) is 0 Å². The molecule has 0 aliphatic rings. The molecular formula is C29H32Cl2N2O3. The van der Waals surface area contributed by atoms with Crippen molar-refractivity contribution < 1.29 is 14.3 Å². The standard InChI is InChI=1S/C29H32Cl2N2O3/c1-4-21(3)32-29(35)27(17-22-10-6-5-7-11-22)33(18-23-12-8-9-13-26(23)31)28(34)19-36-24-14-15-25(30)20(2)16-24/h5-16,21,27H,4,17-19H2,1-3H3,(H,32,35)/t21-,27+/m1/s1. The molecule has 2 amide bonds. The van der Waals surface area contributed by atoms with E-state index in [0.29, 0.717) is 22.2 Å². The molecule has 0 unspecified atom stereocenters. The van der Waals surface area contributed by atoms with Crippen molar-refractivity contribution in [3.05, 3.63) is 99.5 Å². The summed E-state index contributed by atoms with van der Waals surface area (Å²) < 4.78 is 5.82. The Bertz CT molecular complexity index is 1170. The molecule has 3 aromatic carbocycles. The Kier molecular flexibility index (Phi) is 10.2. The van der Waals surface area contributed by atoms with E-state index in [1.165, 1.54) is 0 Å². The van der Waals surface area contributed by atoms with Crippen LogP contribution in [0.4, 0.5) is 0 Å². The number of carbonyl (C=O) groups is 2. The first-order chi connectivity index (χ1) is 17.3. The minimum absolute atomic E-state index is 0.0265. The van der Waals surface area contributed by atoms with E-state index >= 15 is 0 Å². The molecule has 2 atom stereocenters. The average molecular weight is 527 g/mol. The highest BCUT2D eigenvalue weighted by atomic mass is 35.5. The summed E-state index contributed by atoms with van der Waals surface area (Å²) in [5.74, 6) is 0.00492. The highest BCUT2D eigenvalue weighted by Crippen LogP contribution is 2.23. The predicted molar refractivity (Wildman–Crippen MR) is 146 cm³/mol. The number of rotatable bonds is 11. The number of hydrogen-bond acceptors (Lipinski definition) is 3. The van der Waals surface area contributed by atoms with Gasteiger partial charge in [-0.25, -0.2) is 0 Å². The van der Waals surface area contributed by atoms with E-state index in [1.54, 1.807) is 29.2 Å². The van der Waals surface area contributed by atoms with Crippen molar-refractivity contribution >= 4 is 35.0 Å². The Morgan fingerprint density at radius 1 is 0.972 bits per heavy atom. The zero-order valence-corrected chi connectivity index (χ0v) is 22.4. The molecule has 0 aliphatic carbocycles. The molecule has 0 aliphatic heterocycles. The lowest BCUT2D eigenvalue weighted by atomic mass is 10.0. The minimum atomic E-state index is -0.749. The maximum absolute atomic E-state index is 13.6. The molecule has 0 saturated heterocycles. The molecule has 7 heteroatoms. The van der Waals surface area contributed by atoms with Crippen LogP contribution < -0.4 is 10.1 Å². The Labute approximate surface area is 223 Å². The average Bonchev–Trinajstić information content (AvgIpc) is 2.88. The fraction of sp³-hybridized carbons (Fsp3) is 0.310. The molecule has 0 saturated carbocycles. The van der Waals surface area contributed by atoms with Gasteiger partial charge in [0.2, 0.25) is 5.91 Å². The normalized spacial score (nSPS) is 12.5. The van der Waals surface area contributed by atoms with Gasteiger partial charge in [0.15, 0.2) is 6.61 Å². The summed E-state index contributed by atoms with van der Waals surface area (Å²) in [6.07, 6.45) is 1.14. The van der Waals surface area contributed by atoms with E-state index in [-0.39, 0.29) is 31.0 Å². The summed E-state index contributed by atoms with van der Waals surface area (Å²) in [4.78, 5) is 28.7. The van der Waals surface area contributed by atoms with Crippen LogP contribution in [0.15, 0.2) is 72.8 Å². The van der Waals surface area contributed by atoms with E-state index in [9.17, 15) is 9.59 Å². The van der Waals surface area contributed by atoms with Crippen LogP contribution in [0.3, 0.4) is 0 Å². The van der Waals surface area contributed by atoms with Crippen LogP contribution in [0.1, 0.15) is 37.0 Å². The molecule has 0 spiro atoms. The van der Waals surface area contributed by atoms with Gasteiger partial charge in [-0.3, -0.25) is 9.59 Å². The highest BCUT2D eigenvalue weighted by molar-refractivity contribution is 6.31. The molecule has 5 nitrogen and oxygen atoms in total. The molecule has 1 N–H and O–H groups in total. The zero-order valence-electron chi connectivity index (χ0n) is 20.8. The largest absolute Gasteiger partial charge is 0.484 e. The number of carbonyl (C=O) groups excluding carboxylic acids is 2. The van der Waals surface area contributed by atoms with Gasteiger partial charge in [0.25, 0.3) is 5.91 Å². The molecule has 36 heavy (non-hydrogen) atoms. The fourth-order valence-electron chi connectivity index (χ4n) is 3.74. The summed E-state index contributed by atoms with van der Waals surface area (Å²) >= 11 is 12.6. The quantitative estimate of drug-likeness (QED) is 0.322. The van der Waals surface area contributed by atoms with Crippen molar-refractivity contribution in [3.63, 3.8) is 0 Å². The molecule has 0 heterocycles. The number of amides is 2. The van der Waals surface area contributed by atoms with Gasteiger partial charge in [-0.05, 0) is 61.2 Å². The van der Waals surface area contributed by atoms with E-state index in [4.69, 9.17) is 27.9 Å². The molecule has 0 radical (unpaired) electrons. The van der Waals surface area contributed by atoms with Crippen LogP contribution in [-0.4, -0.2) is 35.4 Å². The van der Waals surface area contributed by atoms with Gasteiger partial charge in [0.05, 0.1) is 0 Å². The molecule has 190 valence electrons. The minimum Gasteiger partial charge on any atom is -0.484 e. The second-order valence-corrected chi connectivity index (χ2v) is 9.65. The molecule has 3 aromatic rings. The van der Waals surface area contributed by atoms with E-state index < -0.39 is 6.04 Å². The van der Waals surface area contributed by atoms with Crippen molar-refractivity contribution in [3.8, 4) is 5.75 Å². The summed E-state index contributed by atoms with van der Waals surface area (Å²) in [7, 11) is 0. The van der Waals surface area contributed by atoms with Crippen molar-refractivity contribution in [2.24, 2.45) is 0 Å². The molecule has 3 rings (SSSR count). The fourth-order valence-corrected chi connectivity index (χ4v) is 4.05. The van der Waals surface area contributed by atoms with Gasteiger partial charge in [0.1, 0.15) is 11.8 Å². The van der Waals surface area contributed by atoms with E-state index in [1.807, 2.05) is 69.3 Å². The van der Waals surface area contributed by atoms with Crippen molar-refractivity contribution in [1.29, 1.82) is 0 Å². The summed E-state index contributed by atoms with van der Waals surface area (Å²) in [6, 6.07) is 21.5. The Balaban J connectivity index is 1.92.